The van der Waals surface area contributed by atoms with Gasteiger partial charge in [-0.25, -0.2) is 4.98 Å². The van der Waals surface area contributed by atoms with Gasteiger partial charge in [0.2, 0.25) is 0 Å². The Hall–Kier alpha value is -0.410. The van der Waals surface area contributed by atoms with Crippen molar-refractivity contribution in [2.24, 2.45) is 11.8 Å². The van der Waals surface area contributed by atoms with Crippen LogP contribution in [0.2, 0.25) is 0 Å². The van der Waals surface area contributed by atoms with Gasteiger partial charge in [0.1, 0.15) is 5.01 Å². The molecule has 16 heavy (non-hydrogen) atoms. The molecule has 90 valence electrons. The number of thiazole rings is 1. The number of nitrogens with zero attached hydrogens (tertiary/aromatic N) is 1. The SMILES string of the molecule is CCC(C)CNC(c1nc(C)cs1)C1CC1. The molecule has 1 aromatic heterocycles. The number of hydrogen-bond acceptors (Lipinski definition) is 3. The highest BCUT2D eigenvalue weighted by atomic mass is 32.1. The van der Waals surface area contributed by atoms with Crippen LogP contribution in [0.5, 0.6) is 0 Å². The first-order valence-electron chi connectivity index (χ1n) is 6.36. The van der Waals surface area contributed by atoms with Crippen LogP contribution in [-0.2, 0) is 0 Å². The molecular weight excluding hydrogens is 216 g/mol. The fourth-order valence-electron chi connectivity index (χ4n) is 1.87. The summed E-state index contributed by atoms with van der Waals surface area (Å²) in [5.74, 6) is 1.61. The third kappa shape index (κ3) is 3.05. The van der Waals surface area contributed by atoms with Crippen LogP contribution in [0.3, 0.4) is 0 Å². The van der Waals surface area contributed by atoms with Crippen LogP contribution in [0.4, 0.5) is 0 Å². The van der Waals surface area contributed by atoms with E-state index in [2.05, 4.69) is 36.5 Å². The van der Waals surface area contributed by atoms with Gasteiger partial charge < -0.3 is 5.32 Å². The van der Waals surface area contributed by atoms with Crippen LogP contribution in [-0.4, -0.2) is 11.5 Å². The Labute approximate surface area is 102 Å². The average Bonchev–Trinajstić information content (AvgIpc) is 3.02. The fourth-order valence-corrected chi connectivity index (χ4v) is 2.84. The number of rotatable bonds is 6. The van der Waals surface area contributed by atoms with Crippen molar-refractivity contribution in [3.05, 3.63) is 16.1 Å². The van der Waals surface area contributed by atoms with Crippen LogP contribution in [0, 0.1) is 18.8 Å². The molecular formula is C13H22N2S. The number of aromatic nitrogens is 1. The molecule has 2 atom stereocenters. The average molecular weight is 238 g/mol. The van der Waals surface area contributed by atoms with Crippen LogP contribution >= 0.6 is 11.3 Å². The zero-order valence-electron chi connectivity index (χ0n) is 10.5. The Bertz CT molecular complexity index is 330. The molecule has 1 fully saturated rings. The standard InChI is InChI=1S/C13H22N2S/c1-4-9(2)7-14-12(11-5-6-11)13-15-10(3)8-16-13/h8-9,11-12,14H,4-7H2,1-3H3. The van der Waals surface area contributed by atoms with E-state index in [1.54, 1.807) is 0 Å². The van der Waals surface area contributed by atoms with E-state index in [4.69, 9.17) is 0 Å². The summed E-state index contributed by atoms with van der Waals surface area (Å²) in [6.45, 7) is 7.77. The maximum absolute atomic E-state index is 4.63. The zero-order chi connectivity index (χ0) is 11.5. The maximum atomic E-state index is 4.63. The van der Waals surface area contributed by atoms with Crippen LogP contribution in [0.25, 0.3) is 0 Å². The second-order valence-electron chi connectivity index (χ2n) is 5.06. The van der Waals surface area contributed by atoms with Gasteiger partial charge in [-0.3, -0.25) is 0 Å². The molecule has 2 nitrogen and oxygen atoms in total. The van der Waals surface area contributed by atoms with Crippen LogP contribution in [0.15, 0.2) is 5.38 Å². The molecule has 2 rings (SSSR count). The summed E-state index contributed by atoms with van der Waals surface area (Å²) in [7, 11) is 0. The molecule has 1 heterocycles. The molecule has 2 unspecified atom stereocenters. The van der Waals surface area contributed by atoms with Gasteiger partial charge in [0, 0.05) is 11.1 Å². The van der Waals surface area contributed by atoms with Gasteiger partial charge in [-0.05, 0) is 38.1 Å². The first-order chi connectivity index (χ1) is 7.70. The largest absolute Gasteiger partial charge is 0.307 e. The van der Waals surface area contributed by atoms with Gasteiger partial charge in [0.15, 0.2) is 0 Å². The molecule has 0 saturated heterocycles. The molecule has 0 amide bonds. The van der Waals surface area contributed by atoms with E-state index >= 15 is 0 Å². The molecule has 0 bridgehead atoms. The first-order valence-corrected chi connectivity index (χ1v) is 7.24. The molecule has 1 N–H and O–H groups in total. The fraction of sp³-hybridized carbons (Fsp3) is 0.769. The summed E-state index contributed by atoms with van der Waals surface area (Å²) in [6.07, 6.45) is 3.99. The Morgan fingerprint density at radius 3 is 2.81 bits per heavy atom. The zero-order valence-corrected chi connectivity index (χ0v) is 11.3. The second kappa shape index (κ2) is 5.28. The second-order valence-corrected chi connectivity index (χ2v) is 5.95. The Morgan fingerprint density at radius 2 is 2.31 bits per heavy atom. The van der Waals surface area contributed by atoms with Crippen molar-refractivity contribution in [1.82, 2.24) is 10.3 Å². The third-order valence-electron chi connectivity index (χ3n) is 3.38. The summed E-state index contributed by atoms with van der Waals surface area (Å²) in [5.41, 5.74) is 1.16. The predicted octanol–water partition coefficient (Wildman–Crippen LogP) is 3.54. The minimum Gasteiger partial charge on any atom is -0.307 e. The number of hydrogen-bond donors (Lipinski definition) is 1. The van der Waals surface area contributed by atoms with Crippen molar-refractivity contribution < 1.29 is 0 Å². The Morgan fingerprint density at radius 1 is 1.56 bits per heavy atom. The minimum atomic E-state index is 0.521. The number of nitrogens with one attached hydrogen (secondary N) is 1. The molecule has 1 aliphatic rings. The van der Waals surface area contributed by atoms with Crippen LogP contribution < -0.4 is 5.32 Å². The third-order valence-corrected chi connectivity index (χ3v) is 4.43. The highest BCUT2D eigenvalue weighted by molar-refractivity contribution is 7.09. The topological polar surface area (TPSA) is 24.9 Å². The van der Waals surface area contributed by atoms with Crippen molar-refractivity contribution >= 4 is 11.3 Å². The van der Waals surface area contributed by atoms with Gasteiger partial charge in [0.05, 0.1) is 6.04 Å². The Kier molecular flexibility index (Phi) is 3.98. The summed E-state index contributed by atoms with van der Waals surface area (Å²) in [4.78, 5) is 4.63. The lowest BCUT2D eigenvalue weighted by molar-refractivity contribution is 0.416. The maximum Gasteiger partial charge on any atom is 0.110 e. The van der Waals surface area contributed by atoms with Crippen molar-refractivity contribution in [2.45, 2.75) is 46.1 Å². The van der Waals surface area contributed by atoms with Gasteiger partial charge in [-0.2, -0.15) is 0 Å². The van der Waals surface area contributed by atoms with Gasteiger partial charge >= 0.3 is 0 Å². The van der Waals surface area contributed by atoms with E-state index < -0.39 is 0 Å². The molecule has 1 aliphatic carbocycles. The number of aryl methyl sites for hydroxylation is 1. The smallest absolute Gasteiger partial charge is 0.110 e. The summed E-state index contributed by atoms with van der Waals surface area (Å²) in [6, 6.07) is 0.521. The quantitative estimate of drug-likeness (QED) is 0.820. The van der Waals surface area contributed by atoms with E-state index in [1.807, 2.05) is 11.3 Å². The molecule has 0 radical (unpaired) electrons. The highest BCUT2D eigenvalue weighted by Gasteiger charge is 2.33. The van der Waals surface area contributed by atoms with Crippen molar-refractivity contribution in [1.29, 1.82) is 0 Å². The summed E-state index contributed by atoms with van der Waals surface area (Å²) in [5, 5.41) is 7.17. The molecule has 1 saturated carbocycles. The lowest BCUT2D eigenvalue weighted by atomic mass is 10.1. The highest BCUT2D eigenvalue weighted by Crippen LogP contribution is 2.41. The molecule has 3 heteroatoms. The van der Waals surface area contributed by atoms with Crippen LogP contribution in [0.1, 0.15) is 49.9 Å². The Balaban J connectivity index is 1.95. The van der Waals surface area contributed by atoms with E-state index in [1.165, 1.54) is 24.3 Å². The molecule has 0 aliphatic heterocycles. The first kappa shape index (κ1) is 12.1. The van der Waals surface area contributed by atoms with E-state index in [0.29, 0.717) is 6.04 Å². The van der Waals surface area contributed by atoms with Gasteiger partial charge in [-0.1, -0.05) is 20.3 Å². The molecule has 0 aromatic carbocycles. The summed E-state index contributed by atoms with van der Waals surface area (Å²) < 4.78 is 0. The van der Waals surface area contributed by atoms with Crippen molar-refractivity contribution in [2.75, 3.05) is 6.54 Å². The lowest BCUT2D eigenvalue weighted by Gasteiger charge is -2.18. The van der Waals surface area contributed by atoms with Crippen molar-refractivity contribution in [3.8, 4) is 0 Å². The van der Waals surface area contributed by atoms with E-state index in [-0.39, 0.29) is 0 Å². The lowest BCUT2D eigenvalue weighted by Crippen LogP contribution is -2.27. The van der Waals surface area contributed by atoms with E-state index in [0.717, 1.165) is 24.1 Å². The predicted molar refractivity (Wildman–Crippen MR) is 69.8 cm³/mol. The van der Waals surface area contributed by atoms with Gasteiger partial charge in [0.25, 0.3) is 0 Å². The van der Waals surface area contributed by atoms with Gasteiger partial charge in [-0.15, -0.1) is 11.3 Å². The van der Waals surface area contributed by atoms with E-state index in [9.17, 15) is 0 Å². The molecule has 0 spiro atoms. The monoisotopic (exact) mass is 238 g/mol. The molecule has 1 aromatic rings. The van der Waals surface area contributed by atoms with Crippen molar-refractivity contribution in [3.63, 3.8) is 0 Å². The normalized spacial score (nSPS) is 19.7. The summed E-state index contributed by atoms with van der Waals surface area (Å²) >= 11 is 1.81. The minimum absolute atomic E-state index is 0.521.